The van der Waals surface area contributed by atoms with Gasteiger partial charge in [0.25, 0.3) is 0 Å². The number of rotatable bonds is 1. The molecule has 0 amide bonds. The molecular formula is C5H6BrNO. The van der Waals surface area contributed by atoms with Gasteiger partial charge in [-0.05, 0) is 15.9 Å². The van der Waals surface area contributed by atoms with Crippen molar-refractivity contribution in [2.24, 2.45) is 5.73 Å². The molecule has 1 aromatic rings. The second-order valence-corrected chi connectivity index (χ2v) is 2.30. The van der Waals surface area contributed by atoms with E-state index in [9.17, 15) is 0 Å². The molecule has 0 unspecified atom stereocenters. The summed E-state index contributed by atoms with van der Waals surface area (Å²) in [7, 11) is 0. The molecule has 0 aliphatic rings. The van der Waals surface area contributed by atoms with Crippen LogP contribution in [-0.2, 0) is 6.54 Å². The number of halogens is 1. The van der Waals surface area contributed by atoms with E-state index in [1.165, 1.54) is 0 Å². The minimum absolute atomic E-state index is 0.525. The van der Waals surface area contributed by atoms with Gasteiger partial charge in [-0.1, -0.05) is 0 Å². The van der Waals surface area contributed by atoms with Crippen LogP contribution in [0.3, 0.4) is 0 Å². The lowest BCUT2D eigenvalue weighted by molar-refractivity contribution is 0.563. The molecule has 3 heteroatoms. The predicted octanol–water partition coefficient (Wildman–Crippen LogP) is 1.50. The summed E-state index contributed by atoms with van der Waals surface area (Å²) in [5.74, 6) is 0. The van der Waals surface area contributed by atoms with Gasteiger partial charge in [-0.25, -0.2) is 0 Å². The summed E-state index contributed by atoms with van der Waals surface area (Å²) in [5.41, 5.74) is 6.31. The van der Waals surface area contributed by atoms with Crippen LogP contribution in [0.2, 0.25) is 0 Å². The summed E-state index contributed by atoms with van der Waals surface area (Å²) < 4.78 is 5.75. The zero-order valence-corrected chi connectivity index (χ0v) is 5.81. The van der Waals surface area contributed by atoms with Crippen molar-refractivity contribution in [2.75, 3.05) is 0 Å². The summed E-state index contributed by atoms with van der Waals surface area (Å²) in [6, 6.07) is 0. The molecule has 1 rings (SSSR count). The van der Waals surface area contributed by atoms with Gasteiger partial charge in [0.2, 0.25) is 0 Å². The average Bonchev–Trinajstić information content (AvgIpc) is 2.14. The fraction of sp³-hybridized carbons (Fsp3) is 0.200. The van der Waals surface area contributed by atoms with Crippen LogP contribution in [0, 0.1) is 0 Å². The Bertz CT molecular complexity index is 173. The zero-order chi connectivity index (χ0) is 5.98. The topological polar surface area (TPSA) is 39.2 Å². The molecule has 0 aliphatic heterocycles. The van der Waals surface area contributed by atoms with Crippen LogP contribution in [0.1, 0.15) is 5.56 Å². The first-order valence-corrected chi connectivity index (χ1v) is 3.04. The van der Waals surface area contributed by atoms with E-state index < -0.39 is 0 Å². The van der Waals surface area contributed by atoms with Gasteiger partial charge in [0.15, 0.2) is 0 Å². The Hall–Kier alpha value is -0.280. The third-order valence-electron chi connectivity index (χ3n) is 0.908. The molecule has 2 nitrogen and oxygen atoms in total. The molecule has 0 bridgehead atoms. The second-order valence-electron chi connectivity index (χ2n) is 1.45. The van der Waals surface area contributed by atoms with Crippen LogP contribution < -0.4 is 5.73 Å². The van der Waals surface area contributed by atoms with Crippen LogP contribution in [0.5, 0.6) is 0 Å². The largest absolute Gasteiger partial charge is 0.471 e. The molecule has 0 radical (unpaired) electrons. The minimum atomic E-state index is 0.525. The summed E-state index contributed by atoms with van der Waals surface area (Å²) >= 11 is 3.25. The first-order valence-electron chi connectivity index (χ1n) is 2.25. The molecule has 2 N–H and O–H groups in total. The average molecular weight is 176 g/mol. The quantitative estimate of drug-likeness (QED) is 0.704. The number of hydrogen-bond acceptors (Lipinski definition) is 2. The molecule has 1 heterocycles. The van der Waals surface area contributed by atoms with E-state index in [0.717, 1.165) is 10.0 Å². The fourth-order valence-corrected chi connectivity index (χ4v) is 0.817. The lowest BCUT2D eigenvalue weighted by Crippen LogP contribution is -1.93. The monoisotopic (exact) mass is 175 g/mol. The van der Waals surface area contributed by atoms with Crippen molar-refractivity contribution in [3.63, 3.8) is 0 Å². The summed E-state index contributed by atoms with van der Waals surface area (Å²) in [4.78, 5) is 0. The van der Waals surface area contributed by atoms with Gasteiger partial charge < -0.3 is 10.2 Å². The van der Waals surface area contributed by atoms with E-state index in [-0.39, 0.29) is 0 Å². The standard InChI is InChI=1S/C5H6BrNO/c6-5-3-8-2-4(5)1-7/h2-3H,1,7H2. The van der Waals surface area contributed by atoms with E-state index in [1.807, 2.05) is 0 Å². The highest BCUT2D eigenvalue weighted by atomic mass is 79.9. The van der Waals surface area contributed by atoms with Crippen LogP contribution >= 0.6 is 15.9 Å². The molecule has 0 aromatic carbocycles. The SMILES string of the molecule is NCc1cocc1Br. The number of hydrogen-bond donors (Lipinski definition) is 1. The van der Waals surface area contributed by atoms with E-state index in [1.54, 1.807) is 12.5 Å². The van der Waals surface area contributed by atoms with E-state index in [2.05, 4.69) is 15.9 Å². The Morgan fingerprint density at radius 3 is 2.62 bits per heavy atom. The second kappa shape index (κ2) is 2.33. The molecule has 8 heavy (non-hydrogen) atoms. The van der Waals surface area contributed by atoms with Crippen molar-refractivity contribution in [1.82, 2.24) is 0 Å². The summed E-state index contributed by atoms with van der Waals surface area (Å²) in [5, 5.41) is 0. The smallest absolute Gasteiger partial charge is 0.105 e. The van der Waals surface area contributed by atoms with Gasteiger partial charge in [0.05, 0.1) is 10.7 Å². The third kappa shape index (κ3) is 0.928. The summed E-state index contributed by atoms with van der Waals surface area (Å²) in [6.45, 7) is 0.525. The predicted molar refractivity (Wildman–Crippen MR) is 34.3 cm³/mol. The highest BCUT2D eigenvalue weighted by Gasteiger charge is 1.96. The normalized spacial score (nSPS) is 9.75. The Labute approximate surface area is 55.8 Å². The lowest BCUT2D eigenvalue weighted by atomic mass is 10.4. The van der Waals surface area contributed by atoms with Crippen molar-refractivity contribution >= 4 is 15.9 Å². The number of furan rings is 1. The van der Waals surface area contributed by atoms with Crippen LogP contribution in [-0.4, -0.2) is 0 Å². The highest BCUT2D eigenvalue weighted by molar-refractivity contribution is 9.10. The Balaban J connectivity index is 2.92. The molecule has 0 atom stereocenters. The molecule has 0 saturated carbocycles. The van der Waals surface area contributed by atoms with Crippen molar-refractivity contribution in [1.29, 1.82) is 0 Å². The van der Waals surface area contributed by atoms with Crippen LogP contribution in [0.15, 0.2) is 21.4 Å². The summed E-state index contributed by atoms with van der Waals surface area (Å²) in [6.07, 6.45) is 3.24. The Morgan fingerprint density at radius 1 is 1.62 bits per heavy atom. The van der Waals surface area contributed by atoms with Gasteiger partial charge in [-0.3, -0.25) is 0 Å². The van der Waals surface area contributed by atoms with Gasteiger partial charge in [-0.15, -0.1) is 0 Å². The van der Waals surface area contributed by atoms with Crippen molar-refractivity contribution in [2.45, 2.75) is 6.54 Å². The fourth-order valence-electron chi connectivity index (χ4n) is 0.453. The van der Waals surface area contributed by atoms with Crippen molar-refractivity contribution in [3.8, 4) is 0 Å². The van der Waals surface area contributed by atoms with Gasteiger partial charge in [0, 0.05) is 12.1 Å². The lowest BCUT2D eigenvalue weighted by Gasteiger charge is -1.84. The van der Waals surface area contributed by atoms with Gasteiger partial charge in [-0.2, -0.15) is 0 Å². The van der Waals surface area contributed by atoms with E-state index in [4.69, 9.17) is 10.2 Å². The molecule has 0 saturated heterocycles. The van der Waals surface area contributed by atoms with Gasteiger partial charge >= 0.3 is 0 Å². The maximum absolute atomic E-state index is 5.31. The molecule has 44 valence electrons. The van der Waals surface area contributed by atoms with Crippen molar-refractivity contribution in [3.05, 3.63) is 22.6 Å². The molecule has 1 aromatic heterocycles. The molecule has 0 spiro atoms. The minimum Gasteiger partial charge on any atom is -0.471 e. The third-order valence-corrected chi connectivity index (χ3v) is 1.60. The van der Waals surface area contributed by atoms with E-state index in [0.29, 0.717) is 6.54 Å². The number of nitrogens with two attached hydrogens (primary N) is 1. The zero-order valence-electron chi connectivity index (χ0n) is 4.23. The first kappa shape index (κ1) is 5.85. The van der Waals surface area contributed by atoms with E-state index >= 15 is 0 Å². The maximum Gasteiger partial charge on any atom is 0.105 e. The molecule has 0 aliphatic carbocycles. The Kier molecular flexibility index (Phi) is 1.70. The maximum atomic E-state index is 5.31. The van der Waals surface area contributed by atoms with Crippen LogP contribution in [0.4, 0.5) is 0 Å². The Morgan fingerprint density at radius 2 is 2.38 bits per heavy atom. The molecule has 0 fully saturated rings. The highest BCUT2D eigenvalue weighted by Crippen LogP contribution is 2.15. The molecular weight excluding hydrogens is 170 g/mol. The van der Waals surface area contributed by atoms with Crippen molar-refractivity contribution < 1.29 is 4.42 Å². The van der Waals surface area contributed by atoms with Crippen LogP contribution in [0.25, 0.3) is 0 Å². The first-order chi connectivity index (χ1) is 3.84. The van der Waals surface area contributed by atoms with Gasteiger partial charge in [0.1, 0.15) is 6.26 Å².